The van der Waals surface area contributed by atoms with E-state index in [9.17, 15) is 4.79 Å². The summed E-state index contributed by atoms with van der Waals surface area (Å²) >= 11 is 0. The lowest BCUT2D eigenvalue weighted by Crippen LogP contribution is -2.38. The number of rotatable bonds is 8. The largest absolute Gasteiger partial charge is 0.496 e. The molecule has 0 aliphatic heterocycles. The predicted molar refractivity (Wildman–Crippen MR) is 107 cm³/mol. The highest BCUT2D eigenvalue weighted by molar-refractivity contribution is 6.08. The first kappa shape index (κ1) is 20.6. The summed E-state index contributed by atoms with van der Waals surface area (Å²) in [6.45, 7) is 7.67. The number of hydrogen-bond acceptors (Lipinski definition) is 5. The Bertz CT molecular complexity index is 730. The Labute approximate surface area is 160 Å². The zero-order chi connectivity index (χ0) is 19.9. The van der Waals surface area contributed by atoms with Gasteiger partial charge in [0, 0.05) is 17.8 Å². The van der Waals surface area contributed by atoms with Crippen LogP contribution in [0.3, 0.4) is 0 Å². The fraction of sp³-hybridized carbons (Fsp3) is 0.381. The van der Waals surface area contributed by atoms with E-state index in [4.69, 9.17) is 14.2 Å². The van der Waals surface area contributed by atoms with Crippen LogP contribution in [0.15, 0.2) is 42.5 Å². The van der Waals surface area contributed by atoms with Gasteiger partial charge >= 0.3 is 0 Å². The van der Waals surface area contributed by atoms with E-state index >= 15 is 0 Å². The lowest BCUT2D eigenvalue weighted by molar-refractivity contribution is 0.102. The number of hydrogen-bond donors (Lipinski definition) is 2. The van der Waals surface area contributed by atoms with Crippen LogP contribution in [0.2, 0.25) is 0 Å². The SMILES string of the molecule is COc1cccc(OC)c1C(=O)Nc1ccc(OCCNC(C)(C)C)cc1. The zero-order valence-corrected chi connectivity index (χ0v) is 16.6. The fourth-order valence-electron chi connectivity index (χ4n) is 2.50. The third-order valence-corrected chi connectivity index (χ3v) is 3.79. The highest BCUT2D eigenvalue weighted by Crippen LogP contribution is 2.29. The van der Waals surface area contributed by atoms with Gasteiger partial charge in [-0.15, -0.1) is 0 Å². The number of amides is 1. The molecule has 0 radical (unpaired) electrons. The summed E-state index contributed by atoms with van der Waals surface area (Å²) < 4.78 is 16.3. The molecule has 0 aliphatic carbocycles. The van der Waals surface area contributed by atoms with E-state index < -0.39 is 0 Å². The molecule has 0 fully saturated rings. The quantitative estimate of drug-likeness (QED) is 0.691. The zero-order valence-electron chi connectivity index (χ0n) is 16.6. The molecule has 146 valence electrons. The molecule has 0 unspecified atom stereocenters. The normalized spacial score (nSPS) is 11.0. The van der Waals surface area contributed by atoms with E-state index in [-0.39, 0.29) is 11.4 Å². The molecule has 0 aliphatic rings. The van der Waals surface area contributed by atoms with Gasteiger partial charge in [-0.25, -0.2) is 0 Å². The van der Waals surface area contributed by atoms with Crippen LogP contribution in [-0.2, 0) is 0 Å². The van der Waals surface area contributed by atoms with Crippen molar-refractivity contribution in [2.75, 3.05) is 32.7 Å². The third-order valence-electron chi connectivity index (χ3n) is 3.79. The second-order valence-electron chi connectivity index (χ2n) is 7.04. The van der Waals surface area contributed by atoms with Crippen LogP contribution in [-0.4, -0.2) is 38.8 Å². The molecule has 2 rings (SSSR count). The maximum Gasteiger partial charge on any atom is 0.263 e. The van der Waals surface area contributed by atoms with Crippen molar-refractivity contribution < 1.29 is 19.0 Å². The molecule has 2 N–H and O–H groups in total. The molecule has 1 amide bonds. The molecule has 0 atom stereocenters. The Morgan fingerprint density at radius 1 is 0.963 bits per heavy atom. The van der Waals surface area contributed by atoms with Crippen LogP contribution in [0.5, 0.6) is 17.2 Å². The number of ether oxygens (including phenoxy) is 3. The second kappa shape index (κ2) is 9.28. The molecule has 27 heavy (non-hydrogen) atoms. The van der Waals surface area contributed by atoms with Gasteiger partial charge in [0.1, 0.15) is 29.4 Å². The molecule has 0 bridgehead atoms. The molecule has 6 nitrogen and oxygen atoms in total. The van der Waals surface area contributed by atoms with Crippen LogP contribution in [0.4, 0.5) is 5.69 Å². The Morgan fingerprint density at radius 3 is 2.07 bits per heavy atom. The highest BCUT2D eigenvalue weighted by atomic mass is 16.5. The molecule has 2 aromatic carbocycles. The van der Waals surface area contributed by atoms with Crippen LogP contribution in [0, 0.1) is 0 Å². The second-order valence-corrected chi connectivity index (χ2v) is 7.04. The minimum absolute atomic E-state index is 0.0665. The standard InChI is InChI=1S/C21H28N2O4/c1-21(2,3)22-13-14-27-16-11-9-15(10-12-16)23-20(24)19-17(25-4)7-6-8-18(19)26-5/h6-12,22H,13-14H2,1-5H3,(H,23,24). The smallest absolute Gasteiger partial charge is 0.263 e. The monoisotopic (exact) mass is 372 g/mol. The Balaban J connectivity index is 1.98. The van der Waals surface area contributed by atoms with Gasteiger partial charge in [-0.1, -0.05) is 6.07 Å². The van der Waals surface area contributed by atoms with Gasteiger partial charge < -0.3 is 24.8 Å². The maximum absolute atomic E-state index is 12.7. The van der Waals surface area contributed by atoms with E-state index in [0.29, 0.717) is 29.4 Å². The summed E-state index contributed by atoms with van der Waals surface area (Å²) in [5.74, 6) is 1.36. The van der Waals surface area contributed by atoms with Crippen molar-refractivity contribution in [3.05, 3.63) is 48.0 Å². The number of carbonyl (C=O) groups is 1. The maximum atomic E-state index is 12.7. The topological polar surface area (TPSA) is 68.8 Å². The molecule has 0 heterocycles. The molecule has 0 aromatic heterocycles. The van der Waals surface area contributed by atoms with Crippen molar-refractivity contribution >= 4 is 11.6 Å². The van der Waals surface area contributed by atoms with Crippen molar-refractivity contribution in [2.24, 2.45) is 0 Å². The van der Waals surface area contributed by atoms with Gasteiger partial charge in [-0.05, 0) is 57.2 Å². The predicted octanol–water partition coefficient (Wildman–Crippen LogP) is 3.72. The number of methoxy groups -OCH3 is 2. The Hall–Kier alpha value is -2.73. The van der Waals surface area contributed by atoms with Crippen molar-refractivity contribution in [2.45, 2.75) is 26.3 Å². The van der Waals surface area contributed by atoms with Gasteiger partial charge in [-0.3, -0.25) is 4.79 Å². The molecule has 0 spiro atoms. The van der Waals surface area contributed by atoms with Crippen molar-refractivity contribution in [3.8, 4) is 17.2 Å². The van der Waals surface area contributed by atoms with Crippen molar-refractivity contribution in [1.29, 1.82) is 0 Å². The van der Waals surface area contributed by atoms with Crippen LogP contribution in [0.25, 0.3) is 0 Å². The highest BCUT2D eigenvalue weighted by Gasteiger charge is 2.18. The summed E-state index contributed by atoms with van der Waals surface area (Å²) in [6, 6.07) is 12.5. The average Bonchev–Trinajstić information content (AvgIpc) is 2.64. The summed E-state index contributed by atoms with van der Waals surface area (Å²) in [4.78, 5) is 12.7. The summed E-state index contributed by atoms with van der Waals surface area (Å²) in [5.41, 5.74) is 1.08. The van der Waals surface area contributed by atoms with E-state index in [1.807, 2.05) is 12.1 Å². The van der Waals surface area contributed by atoms with Gasteiger partial charge in [0.15, 0.2) is 0 Å². The molecule has 2 aromatic rings. The Morgan fingerprint density at radius 2 is 1.56 bits per heavy atom. The third kappa shape index (κ3) is 6.18. The fourth-order valence-corrected chi connectivity index (χ4v) is 2.50. The van der Waals surface area contributed by atoms with E-state index in [2.05, 4.69) is 31.4 Å². The number of nitrogens with one attached hydrogen (secondary N) is 2. The van der Waals surface area contributed by atoms with Crippen molar-refractivity contribution in [1.82, 2.24) is 5.32 Å². The van der Waals surface area contributed by atoms with Gasteiger partial charge in [-0.2, -0.15) is 0 Å². The molecule has 0 saturated carbocycles. The van der Waals surface area contributed by atoms with Crippen LogP contribution >= 0.6 is 0 Å². The summed E-state index contributed by atoms with van der Waals surface area (Å²) in [6.07, 6.45) is 0. The van der Waals surface area contributed by atoms with Gasteiger partial charge in [0.05, 0.1) is 14.2 Å². The summed E-state index contributed by atoms with van der Waals surface area (Å²) in [5, 5.41) is 6.22. The first-order valence-electron chi connectivity index (χ1n) is 8.84. The number of benzene rings is 2. The van der Waals surface area contributed by atoms with Gasteiger partial charge in [0.25, 0.3) is 5.91 Å². The number of anilines is 1. The first-order valence-corrected chi connectivity index (χ1v) is 8.84. The van der Waals surface area contributed by atoms with Crippen LogP contribution < -0.4 is 24.8 Å². The Kier molecular flexibility index (Phi) is 7.07. The number of carbonyl (C=O) groups excluding carboxylic acids is 1. The molecule has 0 saturated heterocycles. The van der Waals surface area contributed by atoms with E-state index in [1.54, 1.807) is 30.3 Å². The minimum atomic E-state index is -0.299. The molecule has 6 heteroatoms. The minimum Gasteiger partial charge on any atom is -0.496 e. The van der Waals surface area contributed by atoms with Gasteiger partial charge in [0.2, 0.25) is 0 Å². The molecular weight excluding hydrogens is 344 g/mol. The molecular formula is C21H28N2O4. The first-order chi connectivity index (χ1) is 12.8. The lowest BCUT2D eigenvalue weighted by Gasteiger charge is -2.20. The summed E-state index contributed by atoms with van der Waals surface area (Å²) in [7, 11) is 3.04. The van der Waals surface area contributed by atoms with E-state index in [0.717, 1.165) is 12.3 Å². The lowest BCUT2D eigenvalue weighted by atomic mass is 10.1. The van der Waals surface area contributed by atoms with E-state index in [1.165, 1.54) is 14.2 Å². The van der Waals surface area contributed by atoms with Crippen LogP contribution in [0.1, 0.15) is 31.1 Å². The average molecular weight is 372 g/mol. The van der Waals surface area contributed by atoms with Crippen molar-refractivity contribution in [3.63, 3.8) is 0 Å².